The number of benzene rings is 1. The minimum atomic E-state index is -0.754. The lowest BCUT2D eigenvalue weighted by molar-refractivity contribution is 0.167. The standard InChI is InChI=1S/C11H12F2OS/c1-6-2-11(14)8-3-7(12)4-10(13)9(8)5-15-6/h3-4,6,11,14H,2,5H2,1H3/t6?,11-/m1/s1. The maximum Gasteiger partial charge on any atom is 0.130 e. The third-order valence-corrected chi connectivity index (χ3v) is 3.84. The van der Waals surface area contributed by atoms with Crippen molar-refractivity contribution in [3.8, 4) is 0 Å². The number of hydrogen-bond donors (Lipinski definition) is 1. The van der Waals surface area contributed by atoms with Crippen molar-refractivity contribution in [2.45, 2.75) is 30.5 Å². The predicted octanol–water partition coefficient (Wildman–Crippen LogP) is 3.02. The molecule has 82 valence electrons. The summed E-state index contributed by atoms with van der Waals surface area (Å²) in [5, 5.41) is 10.1. The average molecular weight is 230 g/mol. The van der Waals surface area contributed by atoms with Crippen LogP contribution >= 0.6 is 11.8 Å². The molecule has 0 aliphatic carbocycles. The lowest BCUT2D eigenvalue weighted by atomic mass is 10.00. The quantitative estimate of drug-likeness (QED) is 0.739. The highest BCUT2D eigenvalue weighted by Gasteiger charge is 2.23. The molecule has 0 bridgehead atoms. The summed E-state index contributed by atoms with van der Waals surface area (Å²) >= 11 is 1.58. The van der Waals surface area contributed by atoms with Crippen molar-refractivity contribution in [2.24, 2.45) is 0 Å². The van der Waals surface area contributed by atoms with Crippen LogP contribution in [0.1, 0.15) is 30.6 Å². The molecule has 1 N–H and O–H groups in total. The van der Waals surface area contributed by atoms with Crippen LogP contribution in [0.3, 0.4) is 0 Å². The molecule has 0 saturated heterocycles. The van der Waals surface area contributed by atoms with Gasteiger partial charge >= 0.3 is 0 Å². The first-order valence-corrected chi connectivity index (χ1v) is 5.90. The number of hydrogen-bond acceptors (Lipinski definition) is 2. The van der Waals surface area contributed by atoms with Gasteiger partial charge in [-0.2, -0.15) is 11.8 Å². The Kier molecular flexibility index (Phi) is 2.98. The highest BCUT2D eigenvalue weighted by molar-refractivity contribution is 7.99. The molecule has 0 saturated carbocycles. The molecule has 15 heavy (non-hydrogen) atoms. The molecule has 2 rings (SSSR count). The van der Waals surface area contributed by atoms with Crippen LogP contribution in [0.2, 0.25) is 0 Å². The van der Waals surface area contributed by atoms with E-state index in [1.165, 1.54) is 6.07 Å². The average Bonchev–Trinajstić information content (AvgIpc) is 2.27. The molecule has 4 heteroatoms. The third-order valence-electron chi connectivity index (χ3n) is 2.62. The molecule has 1 unspecified atom stereocenters. The van der Waals surface area contributed by atoms with Crippen LogP contribution in [0.5, 0.6) is 0 Å². The summed E-state index contributed by atoms with van der Waals surface area (Å²) in [6, 6.07) is 2.11. The molecular formula is C11H12F2OS. The number of rotatable bonds is 0. The molecule has 0 amide bonds. The van der Waals surface area contributed by atoms with Gasteiger partial charge < -0.3 is 5.11 Å². The van der Waals surface area contributed by atoms with Crippen LogP contribution in [-0.2, 0) is 5.75 Å². The molecule has 1 aliphatic rings. The summed E-state index contributed by atoms with van der Waals surface area (Å²) < 4.78 is 26.4. The molecule has 0 spiro atoms. The molecule has 1 aromatic carbocycles. The second-order valence-corrected chi connectivity index (χ2v) is 5.26. The topological polar surface area (TPSA) is 20.2 Å². The van der Waals surface area contributed by atoms with Gasteiger partial charge in [0.1, 0.15) is 11.6 Å². The zero-order chi connectivity index (χ0) is 11.0. The Hall–Kier alpha value is -0.610. The molecule has 0 aromatic heterocycles. The second-order valence-electron chi connectivity index (χ2n) is 3.83. The summed E-state index contributed by atoms with van der Waals surface area (Å²) in [4.78, 5) is 0. The van der Waals surface area contributed by atoms with Crippen molar-refractivity contribution in [1.82, 2.24) is 0 Å². The van der Waals surface area contributed by atoms with E-state index in [4.69, 9.17) is 0 Å². The fourth-order valence-electron chi connectivity index (χ4n) is 1.81. The molecule has 1 aromatic rings. The molecule has 0 radical (unpaired) electrons. The van der Waals surface area contributed by atoms with Gasteiger partial charge in [0.15, 0.2) is 0 Å². The molecule has 1 nitrogen and oxygen atoms in total. The molecule has 1 heterocycles. The van der Waals surface area contributed by atoms with Crippen LogP contribution in [0, 0.1) is 11.6 Å². The van der Waals surface area contributed by atoms with E-state index in [2.05, 4.69) is 0 Å². The van der Waals surface area contributed by atoms with E-state index in [1.54, 1.807) is 11.8 Å². The van der Waals surface area contributed by atoms with E-state index in [-0.39, 0.29) is 5.25 Å². The third kappa shape index (κ3) is 2.16. The van der Waals surface area contributed by atoms with Crippen molar-refractivity contribution in [2.75, 3.05) is 0 Å². The SMILES string of the molecule is CC1C[C@@H](O)c2cc(F)cc(F)c2CS1. The first kappa shape index (κ1) is 10.9. The predicted molar refractivity (Wildman–Crippen MR) is 56.7 cm³/mol. The van der Waals surface area contributed by atoms with Crippen LogP contribution < -0.4 is 0 Å². The Morgan fingerprint density at radius 2 is 2.13 bits per heavy atom. The maximum absolute atomic E-state index is 13.4. The van der Waals surface area contributed by atoms with Crippen LogP contribution in [0.25, 0.3) is 0 Å². The van der Waals surface area contributed by atoms with Gasteiger partial charge in [0.05, 0.1) is 6.10 Å². The fourth-order valence-corrected chi connectivity index (χ4v) is 2.88. The Bertz CT molecular complexity index is 381. The van der Waals surface area contributed by atoms with Gasteiger partial charge in [0.25, 0.3) is 0 Å². The normalized spacial score (nSPS) is 25.9. The monoisotopic (exact) mass is 230 g/mol. The lowest BCUT2D eigenvalue weighted by Crippen LogP contribution is -2.05. The van der Waals surface area contributed by atoms with E-state index in [0.717, 1.165) is 6.07 Å². The van der Waals surface area contributed by atoms with E-state index in [1.807, 2.05) is 6.92 Å². The number of aliphatic hydroxyl groups excluding tert-OH is 1. The van der Waals surface area contributed by atoms with Gasteiger partial charge in [0.2, 0.25) is 0 Å². The number of thioether (sulfide) groups is 1. The first-order valence-electron chi connectivity index (χ1n) is 4.85. The molecular weight excluding hydrogens is 218 g/mol. The summed E-state index contributed by atoms with van der Waals surface area (Å²) in [5.41, 5.74) is 0.850. The van der Waals surface area contributed by atoms with Gasteiger partial charge in [0, 0.05) is 22.6 Å². The summed E-state index contributed by atoms with van der Waals surface area (Å²) in [7, 11) is 0. The van der Waals surface area contributed by atoms with Gasteiger partial charge in [-0.15, -0.1) is 0 Å². The molecule has 2 atom stereocenters. The zero-order valence-electron chi connectivity index (χ0n) is 8.34. The number of fused-ring (bicyclic) bond motifs is 1. The van der Waals surface area contributed by atoms with E-state index < -0.39 is 17.7 Å². The Morgan fingerprint density at radius 1 is 1.40 bits per heavy atom. The summed E-state index contributed by atoms with van der Waals surface area (Å²) in [5.74, 6) is -0.671. The number of aliphatic hydroxyl groups is 1. The van der Waals surface area contributed by atoms with Gasteiger partial charge in [-0.05, 0) is 18.1 Å². The molecule has 1 aliphatic heterocycles. The van der Waals surface area contributed by atoms with E-state index in [9.17, 15) is 13.9 Å². The van der Waals surface area contributed by atoms with Gasteiger partial charge in [-0.3, -0.25) is 0 Å². The Morgan fingerprint density at radius 3 is 2.87 bits per heavy atom. The van der Waals surface area contributed by atoms with Crippen molar-refractivity contribution >= 4 is 11.8 Å². The number of halogens is 2. The van der Waals surface area contributed by atoms with Crippen molar-refractivity contribution in [3.63, 3.8) is 0 Å². The Balaban J connectivity index is 2.48. The Labute approximate surface area is 91.5 Å². The largest absolute Gasteiger partial charge is 0.388 e. The fraction of sp³-hybridized carbons (Fsp3) is 0.455. The van der Waals surface area contributed by atoms with E-state index >= 15 is 0 Å². The van der Waals surface area contributed by atoms with Gasteiger partial charge in [-0.1, -0.05) is 6.92 Å². The lowest BCUT2D eigenvalue weighted by Gasteiger charge is -2.12. The molecule has 0 fully saturated rings. The van der Waals surface area contributed by atoms with Crippen LogP contribution in [-0.4, -0.2) is 10.4 Å². The van der Waals surface area contributed by atoms with Gasteiger partial charge in [-0.25, -0.2) is 8.78 Å². The summed E-state index contributed by atoms with van der Waals surface area (Å²) in [6.07, 6.45) is -0.212. The maximum atomic E-state index is 13.4. The smallest absolute Gasteiger partial charge is 0.130 e. The van der Waals surface area contributed by atoms with Crippen LogP contribution in [0.4, 0.5) is 8.78 Å². The van der Waals surface area contributed by atoms with Crippen molar-refractivity contribution in [3.05, 3.63) is 34.9 Å². The van der Waals surface area contributed by atoms with Crippen molar-refractivity contribution in [1.29, 1.82) is 0 Å². The zero-order valence-corrected chi connectivity index (χ0v) is 9.15. The van der Waals surface area contributed by atoms with E-state index in [0.29, 0.717) is 23.3 Å². The highest BCUT2D eigenvalue weighted by atomic mass is 32.2. The van der Waals surface area contributed by atoms with Crippen LogP contribution in [0.15, 0.2) is 12.1 Å². The minimum Gasteiger partial charge on any atom is -0.388 e. The highest BCUT2D eigenvalue weighted by Crippen LogP contribution is 2.36. The first-order chi connectivity index (χ1) is 7.08. The summed E-state index contributed by atoms with van der Waals surface area (Å²) in [6.45, 7) is 1.98. The van der Waals surface area contributed by atoms with Crippen molar-refractivity contribution < 1.29 is 13.9 Å². The second kappa shape index (κ2) is 4.10. The minimum absolute atomic E-state index is 0.259.